The van der Waals surface area contributed by atoms with Gasteiger partial charge in [0, 0.05) is 0 Å². The molecule has 1 amide bonds. The molecule has 1 aromatic heterocycles. The zero-order valence-electron chi connectivity index (χ0n) is 13.8. The minimum Gasteiger partial charge on any atom is -0.484 e. The number of benzene rings is 3. The highest BCUT2D eigenvalue weighted by atomic mass is 16.5. The molecule has 26 heavy (non-hydrogen) atoms. The highest BCUT2D eigenvalue weighted by Gasteiger charge is 2.08. The number of rotatable bonds is 4. The van der Waals surface area contributed by atoms with E-state index in [1.807, 2.05) is 36.4 Å². The van der Waals surface area contributed by atoms with Gasteiger partial charge in [0.05, 0.1) is 10.9 Å². The van der Waals surface area contributed by atoms with Gasteiger partial charge in [0.1, 0.15) is 12.1 Å². The van der Waals surface area contributed by atoms with E-state index in [2.05, 4.69) is 10.4 Å². The molecule has 0 saturated heterocycles. The molecule has 0 aliphatic carbocycles. The lowest BCUT2D eigenvalue weighted by Crippen LogP contribution is -2.35. The van der Waals surface area contributed by atoms with E-state index in [0.717, 1.165) is 15.4 Å². The molecule has 3 aromatic carbocycles. The largest absolute Gasteiger partial charge is 0.484 e. The Labute approximate surface area is 148 Å². The first-order valence-electron chi connectivity index (χ1n) is 8.08. The third-order valence-electron chi connectivity index (χ3n) is 4.00. The van der Waals surface area contributed by atoms with Gasteiger partial charge in [-0.25, -0.2) is 9.66 Å². The van der Waals surface area contributed by atoms with Crippen LogP contribution in [-0.4, -0.2) is 22.2 Å². The number of hydrogen-bond acceptors (Lipinski definition) is 4. The Morgan fingerprint density at radius 3 is 2.65 bits per heavy atom. The second-order valence-corrected chi connectivity index (χ2v) is 5.77. The average Bonchev–Trinajstić information content (AvgIpc) is 2.68. The molecule has 0 saturated carbocycles. The maximum atomic E-state index is 12.4. The standard InChI is InChI=1S/C20H15N3O3/c24-19(12-26-16-10-9-14-5-1-2-6-15(14)11-16)22-23-13-21-18-8-4-3-7-17(18)20(23)25/h1-11,13H,12H2,(H,22,24). The summed E-state index contributed by atoms with van der Waals surface area (Å²) in [6, 6.07) is 20.4. The fraction of sp³-hybridized carbons (Fsp3) is 0.0500. The van der Waals surface area contributed by atoms with Crippen LogP contribution >= 0.6 is 0 Å². The Kier molecular flexibility index (Phi) is 4.07. The summed E-state index contributed by atoms with van der Waals surface area (Å²) in [4.78, 5) is 28.6. The molecule has 0 spiro atoms. The molecule has 4 rings (SSSR count). The Bertz CT molecular complexity index is 1170. The Morgan fingerprint density at radius 1 is 1.00 bits per heavy atom. The molecular weight excluding hydrogens is 330 g/mol. The van der Waals surface area contributed by atoms with Gasteiger partial charge in [0.25, 0.3) is 11.5 Å². The molecule has 128 valence electrons. The van der Waals surface area contributed by atoms with Crippen LogP contribution in [0, 0.1) is 0 Å². The molecule has 1 heterocycles. The fourth-order valence-corrected chi connectivity index (χ4v) is 2.72. The first-order chi connectivity index (χ1) is 12.7. The van der Waals surface area contributed by atoms with Gasteiger partial charge in [-0.3, -0.25) is 15.0 Å². The Balaban J connectivity index is 1.47. The second kappa shape index (κ2) is 6.68. The van der Waals surface area contributed by atoms with E-state index in [9.17, 15) is 9.59 Å². The number of amides is 1. The second-order valence-electron chi connectivity index (χ2n) is 5.77. The van der Waals surface area contributed by atoms with Crippen molar-refractivity contribution in [3.05, 3.63) is 83.4 Å². The predicted molar refractivity (Wildman–Crippen MR) is 99.8 cm³/mol. The van der Waals surface area contributed by atoms with E-state index in [4.69, 9.17) is 4.74 Å². The highest BCUT2D eigenvalue weighted by Crippen LogP contribution is 2.20. The number of fused-ring (bicyclic) bond motifs is 2. The minimum atomic E-state index is -0.447. The van der Waals surface area contributed by atoms with E-state index in [1.165, 1.54) is 6.33 Å². The molecule has 4 aromatic rings. The van der Waals surface area contributed by atoms with Gasteiger partial charge in [-0.15, -0.1) is 0 Å². The van der Waals surface area contributed by atoms with Gasteiger partial charge in [-0.05, 0) is 35.0 Å². The highest BCUT2D eigenvalue weighted by molar-refractivity contribution is 5.86. The summed E-state index contributed by atoms with van der Waals surface area (Å²) in [5.74, 6) is 0.139. The van der Waals surface area contributed by atoms with Crippen molar-refractivity contribution in [3.63, 3.8) is 0 Å². The number of para-hydroxylation sites is 1. The summed E-state index contributed by atoms with van der Waals surface area (Å²) >= 11 is 0. The number of aromatic nitrogens is 2. The lowest BCUT2D eigenvalue weighted by molar-refractivity contribution is -0.119. The molecule has 0 fully saturated rings. The van der Waals surface area contributed by atoms with Gasteiger partial charge in [0.2, 0.25) is 0 Å². The summed E-state index contributed by atoms with van der Waals surface area (Å²) < 4.78 is 6.59. The number of ether oxygens (including phenoxy) is 1. The van der Waals surface area contributed by atoms with Gasteiger partial charge >= 0.3 is 0 Å². The van der Waals surface area contributed by atoms with Crippen LogP contribution in [0.1, 0.15) is 0 Å². The smallest absolute Gasteiger partial charge is 0.280 e. The minimum absolute atomic E-state index is 0.211. The Hall–Kier alpha value is -3.67. The zero-order chi connectivity index (χ0) is 17.9. The van der Waals surface area contributed by atoms with E-state index in [1.54, 1.807) is 30.3 Å². The van der Waals surface area contributed by atoms with Crippen molar-refractivity contribution in [1.29, 1.82) is 0 Å². The monoisotopic (exact) mass is 345 g/mol. The zero-order valence-corrected chi connectivity index (χ0v) is 13.8. The van der Waals surface area contributed by atoms with Crippen LogP contribution in [0.5, 0.6) is 5.75 Å². The number of nitrogens with one attached hydrogen (secondary N) is 1. The number of nitrogens with zero attached hydrogens (tertiary/aromatic N) is 2. The fourth-order valence-electron chi connectivity index (χ4n) is 2.72. The molecule has 6 heteroatoms. The summed E-state index contributed by atoms with van der Waals surface area (Å²) in [6.45, 7) is -0.211. The van der Waals surface area contributed by atoms with Crippen molar-refractivity contribution in [2.75, 3.05) is 12.0 Å². The van der Waals surface area contributed by atoms with Crippen LogP contribution < -0.4 is 15.7 Å². The Morgan fingerprint density at radius 2 is 1.77 bits per heavy atom. The topological polar surface area (TPSA) is 73.2 Å². The maximum Gasteiger partial charge on any atom is 0.280 e. The van der Waals surface area contributed by atoms with Gasteiger partial charge in [0.15, 0.2) is 6.61 Å². The predicted octanol–water partition coefficient (Wildman–Crippen LogP) is 2.70. The van der Waals surface area contributed by atoms with E-state index in [0.29, 0.717) is 16.7 Å². The molecule has 6 nitrogen and oxygen atoms in total. The first kappa shape index (κ1) is 15.8. The van der Waals surface area contributed by atoms with Crippen molar-refractivity contribution >= 4 is 27.6 Å². The molecule has 0 aliphatic rings. The third-order valence-corrected chi connectivity index (χ3v) is 4.00. The molecule has 0 unspecified atom stereocenters. The van der Waals surface area contributed by atoms with E-state index in [-0.39, 0.29) is 12.2 Å². The number of hydrogen-bond donors (Lipinski definition) is 1. The van der Waals surface area contributed by atoms with Gasteiger partial charge < -0.3 is 4.74 Å². The van der Waals surface area contributed by atoms with Crippen molar-refractivity contribution in [1.82, 2.24) is 9.66 Å². The third kappa shape index (κ3) is 3.12. The molecular formula is C20H15N3O3. The molecule has 1 N–H and O–H groups in total. The first-order valence-corrected chi connectivity index (χ1v) is 8.08. The summed E-state index contributed by atoms with van der Waals surface area (Å²) in [7, 11) is 0. The lowest BCUT2D eigenvalue weighted by Gasteiger charge is -2.10. The van der Waals surface area contributed by atoms with Gasteiger partial charge in [-0.1, -0.05) is 42.5 Å². The van der Waals surface area contributed by atoms with Crippen molar-refractivity contribution < 1.29 is 9.53 Å². The molecule has 0 radical (unpaired) electrons. The molecule has 0 atom stereocenters. The quantitative estimate of drug-likeness (QED) is 0.617. The number of carbonyl (C=O) groups excluding carboxylic acids is 1. The SMILES string of the molecule is O=C(COc1ccc2ccccc2c1)Nn1cnc2ccccc2c1=O. The van der Waals surface area contributed by atoms with Crippen LogP contribution in [-0.2, 0) is 4.79 Å². The van der Waals surface area contributed by atoms with Crippen LogP contribution in [0.2, 0.25) is 0 Å². The van der Waals surface area contributed by atoms with Crippen molar-refractivity contribution in [2.45, 2.75) is 0 Å². The molecule has 0 aliphatic heterocycles. The molecule has 0 bridgehead atoms. The summed E-state index contributed by atoms with van der Waals surface area (Å²) in [5, 5.41) is 2.56. The van der Waals surface area contributed by atoms with Crippen LogP contribution in [0.4, 0.5) is 0 Å². The summed E-state index contributed by atoms with van der Waals surface area (Å²) in [6.07, 6.45) is 1.29. The van der Waals surface area contributed by atoms with Gasteiger partial charge in [-0.2, -0.15) is 0 Å². The van der Waals surface area contributed by atoms with E-state index >= 15 is 0 Å². The number of carbonyl (C=O) groups is 1. The van der Waals surface area contributed by atoms with Crippen LogP contribution in [0.15, 0.2) is 77.9 Å². The maximum absolute atomic E-state index is 12.4. The van der Waals surface area contributed by atoms with Crippen LogP contribution in [0.25, 0.3) is 21.7 Å². The van der Waals surface area contributed by atoms with Crippen molar-refractivity contribution in [3.8, 4) is 5.75 Å². The average molecular weight is 345 g/mol. The van der Waals surface area contributed by atoms with E-state index < -0.39 is 5.91 Å². The lowest BCUT2D eigenvalue weighted by atomic mass is 10.1. The normalized spacial score (nSPS) is 10.8. The van der Waals surface area contributed by atoms with Crippen molar-refractivity contribution in [2.24, 2.45) is 0 Å². The van der Waals surface area contributed by atoms with Crippen LogP contribution in [0.3, 0.4) is 0 Å². The summed E-state index contributed by atoms with van der Waals surface area (Å²) in [5.41, 5.74) is 2.73.